The number of amidine groups is 1. The van der Waals surface area contributed by atoms with Crippen molar-refractivity contribution in [2.75, 3.05) is 13.1 Å². The highest BCUT2D eigenvalue weighted by Gasteiger charge is 2.38. The number of oxime groups is 1. The number of piperidine rings is 1. The summed E-state index contributed by atoms with van der Waals surface area (Å²) in [6, 6.07) is 0. The van der Waals surface area contributed by atoms with Crippen molar-refractivity contribution in [1.82, 2.24) is 4.90 Å². The summed E-state index contributed by atoms with van der Waals surface area (Å²) in [7, 11) is 0. The van der Waals surface area contributed by atoms with Crippen molar-refractivity contribution in [2.45, 2.75) is 58.3 Å². The minimum Gasteiger partial charge on any atom is -0.409 e. The van der Waals surface area contributed by atoms with Crippen molar-refractivity contribution in [2.24, 2.45) is 22.2 Å². The Bertz CT molecular complexity index is 365. The summed E-state index contributed by atoms with van der Waals surface area (Å²) in [4.78, 5) is 14.4. The molecule has 114 valence electrons. The van der Waals surface area contributed by atoms with Crippen molar-refractivity contribution in [3.8, 4) is 0 Å². The molecular formula is C15H27N3O2. The van der Waals surface area contributed by atoms with E-state index in [0.717, 1.165) is 25.9 Å². The second-order valence-corrected chi connectivity index (χ2v) is 6.37. The summed E-state index contributed by atoms with van der Waals surface area (Å²) in [5.74, 6) is -0.413. The first-order chi connectivity index (χ1) is 9.62. The molecule has 0 aromatic rings. The van der Waals surface area contributed by atoms with Crippen LogP contribution in [0.5, 0.6) is 0 Å². The van der Waals surface area contributed by atoms with Gasteiger partial charge in [0, 0.05) is 13.1 Å². The van der Waals surface area contributed by atoms with E-state index in [0.29, 0.717) is 11.8 Å². The largest absolute Gasteiger partial charge is 0.409 e. The lowest BCUT2D eigenvalue weighted by Crippen LogP contribution is -2.48. The summed E-state index contributed by atoms with van der Waals surface area (Å²) in [5.41, 5.74) is 6.12. The highest BCUT2D eigenvalue weighted by atomic mass is 16.4. The summed E-state index contributed by atoms with van der Waals surface area (Å²) in [6.07, 6.45) is 9.52. The number of amides is 1. The zero-order chi connectivity index (χ0) is 14.6. The molecule has 1 spiro atoms. The Hall–Kier alpha value is -1.26. The molecule has 0 bridgehead atoms. The Kier molecular flexibility index (Phi) is 4.89. The van der Waals surface area contributed by atoms with Crippen LogP contribution in [0.1, 0.15) is 58.3 Å². The molecule has 1 unspecified atom stereocenters. The highest BCUT2D eigenvalue weighted by molar-refractivity contribution is 6.02. The minimum absolute atomic E-state index is 0.0217. The number of carbonyl (C=O) groups excluding carboxylic acids is 1. The number of carbonyl (C=O) groups is 1. The van der Waals surface area contributed by atoms with Gasteiger partial charge in [-0.3, -0.25) is 4.79 Å². The van der Waals surface area contributed by atoms with E-state index >= 15 is 0 Å². The van der Waals surface area contributed by atoms with Gasteiger partial charge in [-0.15, -0.1) is 0 Å². The molecule has 1 amide bonds. The molecule has 5 nitrogen and oxygen atoms in total. The molecule has 20 heavy (non-hydrogen) atoms. The van der Waals surface area contributed by atoms with E-state index in [1.807, 2.05) is 11.8 Å². The van der Waals surface area contributed by atoms with E-state index in [2.05, 4.69) is 5.16 Å². The molecule has 1 aliphatic carbocycles. The van der Waals surface area contributed by atoms with Gasteiger partial charge in [0.1, 0.15) is 0 Å². The Morgan fingerprint density at radius 2 is 1.85 bits per heavy atom. The molecule has 0 aromatic heterocycles. The molecule has 2 rings (SSSR count). The fourth-order valence-corrected chi connectivity index (χ4v) is 3.80. The molecular weight excluding hydrogens is 254 g/mol. The van der Waals surface area contributed by atoms with Gasteiger partial charge in [-0.1, -0.05) is 31.3 Å². The van der Waals surface area contributed by atoms with Crippen LogP contribution in [-0.2, 0) is 4.79 Å². The van der Waals surface area contributed by atoms with Gasteiger partial charge >= 0.3 is 0 Å². The first-order valence-electron chi connectivity index (χ1n) is 7.88. The fourth-order valence-electron chi connectivity index (χ4n) is 3.80. The predicted molar refractivity (Wildman–Crippen MR) is 78.5 cm³/mol. The van der Waals surface area contributed by atoms with Crippen LogP contribution in [-0.4, -0.2) is 34.9 Å². The number of likely N-dealkylation sites (tertiary alicyclic amines) is 1. The average molecular weight is 281 g/mol. The molecule has 2 aliphatic rings. The van der Waals surface area contributed by atoms with Gasteiger partial charge in [0.15, 0.2) is 5.84 Å². The average Bonchev–Trinajstić information content (AvgIpc) is 2.49. The van der Waals surface area contributed by atoms with Gasteiger partial charge in [0.2, 0.25) is 5.91 Å². The topological polar surface area (TPSA) is 78.9 Å². The Morgan fingerprint density at radius 1 is 1.25 bits per heavy atom. The number of rotatable bonds is 3. The quantitative estimate of drug-likeness (QED) is 0.361. The SMILES string of the molecule is CCC(C(=O)N1CCC2(CCCCC2)CC1)C(N)=NO. The maximum absolute atomic E-state index is 12.5. The van der Waals surface area contributed by atoms with Crippen LogP contribution in [0.25, 0.3) is 0 Å². The van der Waals surface area contributed by atoms with Gasteiger partial charge in [-0.25, -0.2) is 0 Å². The van der Waals surface area contributed by atoms with Gasteiger partial charge in [-0.05, 0) is 37.5 Å². The zero-order valence-electron chi connectivity index (χ0n) is 12.5. The highest BCUT2D eigenvalue weighted by Crippen LogP contribution is 2.44. The molecule has 1 aliphatic heterocycles. The molecule has 0 radical (unpaired) electrons. The van der Waals surface area contributed by atoms with Crippen molar-refractivity contribution < 1.29 is 10.0 Å². The lowest BCUT2D eigenvalue weighted by atomic mass is 9.68. The molecule has 1 saturated carbocycles. The lowest BCUT2D eigenvalue weighted by Gasteiger charge is -2.44. The Balaban J connectivity index is 1.94. The van der Waals surface area contributed by atoms with E-state index in [1.165, 1.54) is 32.1 Å². The van der Waals surface area contributed by atoms with Crippen molar-refractivity contribution in [1.29, 1.82) is 0 Å². The normalized spacial score (nSPS) is 24.6. The summed E-state index contributed by atoms with van der Waals surface area (Å²) >= 11 is 0. The third-order valence-corrected chi connectivity index (χ3v) is 5.23. The van der Waals surface area contributed by atoms with Gasteiger partial charge in [0.25, 0.3) is 0 Å². The predicted octanol–water partition coefficient (Wildman–Crippen LogP) is 2.33. The molecule has 3 N–H and O–H groups in total. The van der Waals surface area contributed by atoms with Crippen LogP contribution in [0, 0.1) is 11.3 Å². The van der Waals surface area contributed by atoms with Gasteiger partial charge < -0.3 is 15.8 Å². The van der Waals surface area contributed by atoms with Crippen LogP contribution in [0.3, 0.4) is 0 Å². The molecule has 1 saturated heterocycles. The molecule has 1 heterocycles. The number of nitrogens with two attached hydrogens (primary N) is 1. The van der Waals surface area contributed by atoms with Gasteiger partial charge in [0.05, 0.1) is 5.92 Å². The van der Waals surface area contributed by atoms with Crippen LogP contribution < -0.4 is 5.73 Å². The Morgan fingerprint density at radius 3 is 2.35 bits per heavy atom. The van der Waals surface area contributed by atoms with E-state index in [-0.39, 0.29) is 11.7 Å². The standard InChI is InChI=1S/C15H27N3O2/c1-2-12(13(16)17-20)14(19)18-10-8-15(9-11-18)6-4-3-5-7-15/h12,20H,2-11H2,1H3,(H2,16,17). The number of hydrogen-bond donors (Lipinski definition) is 2. The van der Waals surface area contributed by atoms with Crippen LogP contribution >= 0.6 is 0 Å². The first-order valence-corrected chi connectivity index (χ1v) is 7.88. The van der Waals surface area contributed by atoms with Crippen molar-refractivity contribution >= 4 is 11.7 Å². The smallest absolute Gasteiger partial charge is 0.233 e. The van der Waals surface area contributed by atoms with Crippen LogP contribution in [0.15, 0.2) is 5.16 Å². The number of nitrogens with zero attached hydrogens (tertiary/aromatic N) is 2. The second kappa shape index (κ2) is 6.46. The van der Waals surface area contributed by atoms with E-state index in [1.54, 1.807) is 0 Å². The molecule has 2 fully saturated rings. The Labute approximate surface area is 121 Å². The zero-order valence-corrected chi connectivity index (χ0v) is 12.5. The first kappa shape index (κ1) is 15.1. The molecule has 1 atom stereocenters. The maximum atomic E-state index is 12.5. The van der Waals surface area contributed by atoms with Gasteiger partial charge in [-0.2, -0.15) is 0 Å². The lowest BCUT2D eigenvalue weighted by molar-refractivity contribution is -0.136. The summed E-state index contributed by atoms with van der Waals surface area (Å²) < 4.78 is 0. The third kappa shape index (κ3) is 3.07. The van der Waals surface area contributed by atoms with E-state index in [4.69, 9.17) is 10.9 Å². The summed E-state index contributed by atoms with van der Waals surface area (Å²) in [6.45, 7) is 3.55. The van der Waals surface area contributed by atoms with Crippen molar-refractivity contribution in [3.63, 3.8) is 0 Å². The van der Waals surface area contributed by atoms with E-state index < -0.39 is 5.92 Å². The third-order valence-electron chi connectivity index (χ3n) is 5.23. The minimum atomic E-state index is -0.472. The fraction of sp³-hybridized carbons (Fsp3) is 0.867. The van der Waals surface area contributed by atoms with Crippen LogP contribution in [0.4, 0.5) is 0 Å². The monoisotopic (exact) mass is 281 g/mol. The maximum Gasteiger partial charge on any atom is 0.233 e. The van der Waals surface area contributed by atoms with E-state index in [9.17, 15) is 4.79 Å². The molecule has 5 heteroatoms. The molecule has 0 aromatic carbocycles. The summed E-state index contributed by atoms with van der Waals surface area (Å²) in [5, 5.41) is 11.8. The second-order valence-electron chi connectivity index (χ2n) is 6.37. The number of hydrogen-bond acceptors (Lipinski definition) is 3. The van der Waals surface area contributed by atoms with Crippen molar-refractivity contribution in [3.05, 3.63) is 0 Å². The van der Waals surface area contributed by atoms with Crippen LogP contribution in [0.2, 0.25) is 0 Å².